The number of hydrazine groups is 1. The van der Waals surface area contributed by atoms with E-state index in [4.69, 9.17) is 0 Å². The molecule has 0 radical (unpaired) electrons. The van der Waals surface area contributed by atoms with Crippen LogP contribution >= 0.6 is 50.8 Å². The summed E-state index contributed by atoms with van der Waals surface area (Å²) < 4.78 is 2.76. The van der Waals surface area contributed by atoms with E-state index >= 15 is 0 Å². The van der Waals surface area contributed by atoms with Gasteiger partial charge in [0.1, 0.15) is 5.37 Å². The summed E-state index contributed by atoms with van der Waals surface area (Å²) in [5.74, 6) is 0.373. The molecule has 138 valence electrons. The Bertz CT molecular complexity index is 960. The van der Waals surface area contributed by atoms with E-state index in [0.29, 0.717) is 5.75 Å². The summed E-state index contributed by atoms with van der Waals surface area (Å²) in [7, 11) is 0. The third kappa shape index (κ3) is 4.38. The number of aromatic nitrogens is 1. The zero-order valence-corrected chi connectivity index (χ0v) is 18.0. The largest absolute Gasteiger partial charge is 0.285 e. The number of nitrogens with one attached hydrogen (secondary N) is 1. The zero-order chi connectivity index (χ0) is 18.8. The smallest absolute Gasteiger partial charge is 0.248 e. The number of thioether (sulfide) groups is 2. The van der Waals surface area contributed by atoms with E-state index in [0.717, 1.165) is 36.4 Å². The first kappa shape index (κ1) is 18.9. The van der Waals surface area contributed by atoms with Gasteiger partial charge in [0.25, 0.3) is 0 Å². The molecule has 5 nitrogen and oxygen atoms in total. The summed E-state index contributed by atoms with van der Waals surface area (Å²) in [6, 6.07) is 15.7. The van der Waals surface area contributed by atoms with Crippen molar-refractivity contribution in [1.82, 2.24) is 15.4 Å². The molecule has 2 aromatic carbocycles. The standard InChI is InChI=1S/C18H14BrN3O2S3/c19-12-7-5-11(6-8-12)17-22(15(23)10-25-17)20-9-16(24)27-18-21-13-3-1-2-4-14(13)26-18/h1-8,17,20H,9-10H2. The van der Waals surface area contributed by atoms with Gasteiger partial charge in [-0.15, -0.1) is 23.1 Å². The molecule has 3 aromatic rings. The molecule has 1 amide bonds. The number of benzene rings is 2. The number of para-hydroxylation sites is 1. The van der Waals surface area contributed by atoms with Crippen LogP contribution in [0.4, 0.5) is 0 Å². The van der Waals surface area contributed by atoms with Gasteiger partial charge in [0, 0.05) is 4.47 Å². The summed E-state index contributed by atoms with van der Waals surface area (Å²) >= 11 is 7.57. The fourth-order valence-corrected chi connectivity index (χ4v) is 5.93. The highest BCUT2D eigenvalue weighted by Crippen LogP contribution is 2.37. The lowest BCUT2D eigenvalue weighted by molar-refractivity contribution is -0.131. The van der Waals surface area contributed by atoms with Crippen molar-refractivity contribution < 1.29 is 9.59 Å². The molecule has 1 unspecified atom stereocenters. The Morgan fingerprint density at radius 3 is 2.81 bits per heavy atom. The second-order valence-electron chi connectivity index (χ2n) is 5.74. The Morgan fingerprint density at radius 1 is 1.26 bits per heavy atom. The van der Waals surface area contributed by atoms with Crippen LogP contribution in [0.15, 0.2) is 57.3 Å². The normalized spacial score (nSPS) is 17.0. The molecule has 1 atom stereocenters. The number of hydrogen-bond donors (Lipinski definition) is 1. The molecule has 1 saturated heterocycles. The fraction of sp³-hybridized carbons (Fsp3) is 0.167. The first-order valence-corrected chi connectivity index (χ1v) is 11.6. The van der Waals surface area contributed by atoms with Crippen molar-refractivity contribution >= 4 is 72.0 Å². The highest BCUT2D eigenvalue weighted by molar-refractivity contribution is 9.10. The topological polar surface area (TPSA) is 62.3 Å². The molecule has 1 N–H and O–H groups in total. The second-order valence-corrected chi connectivity index (χ2v) is 10.1. The molecule has 1 aromatic heterocycles. The number of amides is 1. The number of carbonyl (C=O) groups excluding carboxylic acids is 2. The summed E-state index contributed by atoms with van der Waals surface area (Å²) in [5.41, 5.74) is 4.92. The number of thiazole rings is 1. The van der Waals surface area contributed by atoms with Crippen LogP contribution in [-0.4, -0.2) is 33.3 Å². The molecular weight excluding hydrogens is 466 g/mol. The summed E-state index contributed by atoms with van der Waals surface area (Å²) in [6.45, 7) is 0.0694. The van der Waals surface area contributed by atoms with Crippen LogP contribution in [0.25, 0.3) is 10.2 Å². The predicted molar refractivity (Wildman–Crippen MR) is 115 cm³/mol. The summed E-state index contributed by atoms with van der Waals surface area (Å²) in [5, 5.41) is 1.35. The third-order valence-electron chi connectivity index (χ3n) is 3.89. The molecule has 1 aliphatic rings. The molecule has 1 fully saturated rings. The average molecular weight is 480 g/mol. The first-order valence-electron chi connectivity index (χ1n) is 8.09. The van der Waals surface area contributed by atoms with Gasteiger partial charge in [0.05, 0.1) is 22.5 Å². The molecule has 1 aliphatic heterocycles. The Kier molecular flexibility index (Phi) is 5.84. The Labute approximate surface area is 177 Å². The number of fused-ring (bicyclic) bond motifs is 1. The van der Waals surface area contributed by atoms with Crippen LogP contribution in [0.5, 0.6) is 0 Å². The monoisotopic (exact) mass is 479 g/mol. The van der Waals surface area contributed by atoms with Crippen LogP contribution in [0.2, 0.25) is 0 Å². The number of halogens is 1. The Hall–Kier alpha value is -1.39. The van der Waals surface area contributed by atoms with Gasteiger partial charge in [-0.1, -0.05) is 40.2 Å². The molecule has 0 aliphatic carbocycles. The quantitative estimate of drug-likeness (QED) is 0.545. The minimum Gasteiger partial charge on any atom is -0.285 e. The number of nitrogens with zero attached hydrogens (tertiary/aromatic N) is 2. The maximum absolute atomic E-state index is 12.4. The highest BCUT2D eigenvalue weighted by atomic mass is 79.9. The molecule has 9 heteroatoms. The third-order valence-corrected chi connectivity index (χ3v) is 7.60. The van der Waals surface area contributed by atoms with Gasteiger partial charge in [-0.05, 0) is 41.6 Å². The SMILES string of the molecule is O=C(CNN1C(=O)CSC1c1ccc(Br)cc1)Sc1nc2ccccc2s1. The van der Waals surface area contributed by atoms with Crippen molar-refractivity contribution in [3.63, 3.8) is 0 Å². The summed E-state index contributed by atoms with van der Waals surface area (Å²) in [4.78, 5) is 29.0. The van der Waals surface area contributed by atoms with Gasteiger partial charge >= 0.3 is 0 Å². The van der Waals surface area contributed by atoms with E-state index in [-0.39, 0.29) is 22.9 Å². The van der Waals surface area contributed by atoms with Crippen molar-refractivity contribution in [3.8, 4) is 0 Å². The minimum atomic E-state index is -0.133. The molecule has 0 spiro atoms. The van der Waals surface area contributed by atoms with Gasteiger partial charge in [-0.2, -0.15) is 0 Å². The molecule has 0 saturated carbocycles. The molecule has 4 rings (SSSR count). The van der Waals surface area contributed by atoms with Crippen molar-refractivity contribution in [1.29, 1.82) is 0 Å². The van der Waals surface area contributed by atoms with Crippen molar-refractivity contribution in [2.75, 3.05) is 12.3 Å². The Balaban J connectivity index is 1.39. The van der Waals surface area contributed by atoms with Crippen LogP contribution in [0.1, 0.15) is 10.9 Å². The number of rotatable bonds is 5. The van der Waals surface area contributed by atoms with Crippen LogP contribution in [0, 0.1) is 0 Å². The van der Waals surface area contributed by atoms with Crippen LogP contribution in [0.3, 0.4) is 0 Å². The Morgan fingerprint density at radius 2 is 2.04 bits per heavy atom. The minimum absolute atomic E-state index is 0.0225. The van der Waals surface area contributed by atoms with E-state index in [1.807, 2.05) is 48.5 Å². The molecule has 0 bridgehead atoms. The van der Waals surface area contributed by atoms with Crippen molar-refractivity contribution in [2.24, 2.45) is 0 Å². The molecular formula is C18H14BrN3O2S3. The zero-order valence-electron chi connectivity index (χ0n) is 13.9. The lowest BCUT2D eigenvalue weighted by Gasteiger charge is -2.24. The highest BCUT2D eigenvalue weighted by Gasteiger charge is 2.33. The van der Waals surface area contributed by atoms with Gasteiger partial charge in [-0.25, -0.2) is 10.4 Å². The van der Waals surface area contributed by atoms with E-state index < -0.39 is 0 Å². The predicted octanol–water partition coefficient (Wildman–Crippen LogP) is 4.46. The lowest BCUT2D eigenvalue weighted by atomic mass is 10.2. The van der Waals surface area contributed by atoms with Gasteiger partial charge in [-0.3, -0.25) is 14.6 Å². The maximum atomic E-state index is 12.4. The lowest BCUT2D eigenvalue weighted by Crippen LogP contribution is -2.43. The maximum Gasteiger partial charge on any atom is 0.248 e. The summed E-state index contributed by atoms with van der Waals surface area (Å²) in [6.07, 6.45) is 0. The van der Waals surface area contributed by atoms with Crippen molar-refractivity contribution in [3.05, 3.63) is 58.6 Å². The number of carbonyl (C=O) groups is 2. The fourth-order valence-electron chi connectivity index (χ4n) is 2.65. The average Bonchev–Trinajstić information content (AvgIpc) is 3.23. The van der Waals surface area contributed by atoms with E-state index in [1.165, 1.54) is 11.3 Å². The van der Waals surface area contributed by atoms with Gasteiger partial charge in [0.2, 0.25) is 11.0 Å². The van der Waals surface area contributed by atoms with Gasteiger partial charge < -0.3 is 0 Å². The van der Waals surface area contributed by atoms with Crippen LogP contribution in [-0.2, 0) is 9.59 Å². The van der Waals surface area contributed by atoms with Gasteiger partial charge in [0.15, 0.2) is 4.34 Å². The second kappa shape index (κ2) is 8.32. The van der Waals surface area contributed by atoms with E-state index in [2.05, 4.69) is 26.3 Å². The number of hydrogen-bond acceptors (Lipinski definition) is 7. The first-order chi connectivity index (χ1) is 13.1. The molecule has 27 heavy (non-hydrogen) atoms. The molecule has 2 heterocycles. The van der Waals surface area contributed by atoms with E-state index in [9.17, 15) is 9.59 Å². The van der Waals surface area contributed by atoms with Crippen LogP contribution < -0.4 is 5.43 Å². The van der Waals surface area contributed by atoms with Crippen molar-refractivity contribution in [2.45, 2.75) is 9.71 Å². The van der Waals surface area contributed by atoms with E-state index in [1.54, 1.807) is 16.8 Å².